The quantitative estimate of drug-likeness (QED) is 0.478. The molecular formula is C20H17NO5S. The number of imide groups is 1. The molecule has 1 heterocycles. The van der Waals surface area contributed by atoms with Crippen molar-refractivity contribution in [3.8, 4) is 11.5 Å². The van der Waals surface area contributed by atoms with Crippen molar-refractivity contribution >= 4 is 35.0 Å². The molecule has 0 radical (unpaired) electrons. The third-order valence-corrected chi connectivity index (χ3v) is 4.47. The van der Waals surface area contributed by atoms with Gasteiger partial charge in [-0.1, -0.05) is 23.8 Å². The van der Waals surface area contributed by atoms with E-state index in [1.165, 1.54) is 0 Å². The van der Waals surface area contributed by atoms with E-state index in [0.717, 1.165) is 17.3 Å². The summed E-state index contributed by atoms with van der Waals surface area (Å²) in [6.45, 7) is 4.09. The van der Waals surface area contributed by atoms with Gasteiger partial charge in [-0.3, -0.25) is 14.9 Å². The Morgan fingerprint density at radius 1 is 1.15 bits per heavy atom. The Hall–Kier alpha value is -3.06. The summed E-state index contributed by atoms with van der Waals surface area (Å²) in [5.74, 6) is -0.257. The number of thioether (sulfide) groups is 1. The van der Waals surface area contributed by atoms with Gasteiger partial charge in [0.25, 0.3) is 11.1 Å². The fourth-order valence-electron chi connectivity index (χ4n) is 2.47. The molecule has 2 aromatic carbocycles. The van der Waals surface area contributed by atoms with Crippen molar-refractivity contribution in [2.45, 2.75) is 13.8 Å². The van der Waals surface area contributed by atoms with Crippen LogP contribution in [0.3, 0.4) is 0 Å². The Bertz CT molecular complexity index is 951. The predicted octanol–water partition coefficient (Wildman–Crippen LogP) is 3.94. The van der Waals surface area contributed by atoms with Crippen LogP contribution in [0.15, 0.2) is 47.4 Å². The maximum atomic E-state index is 12.4. The van der Waals surface area contributed by atoms with Crippen LogP contribution in [0.4, 0.5) is 4.79 Å². The summed E-state index contributed by atoms with van der Waals surface area (Å²) in [6, 6.07) is 12.1. The molecule has 6 nitrogen and oxygen atoms in total. The van der Waals surface area contributed by atoms with Crippen molar-refractivity contribution in [3.63, 3.8) is 0 Å². The number of ether oxygens (including phenoxy) is 2. The minimum Gasteiger partial charge on any atom is -0.490 e. The summed E-state index contributed by atoms with van der Waals surface area (Å²) in [5, 5.41) is 1.80. The van der Waals surface area contributed by atoms with E-state index in [2.05, 4.69) is 5.32 Å². The van der Waals surface area contributed by atoms with Gasteiger partial charge in [0.2, 0.25) is 0 Å². The summed E-state index contributed by atoms with van der Waals surface area (Å²) >= 11 is 0.837. The van der Waals surface area contributed by atoms with Gasteiger partial charge in [0.1, 0.15) is 0 Å². The zero-order valence-electron chi connectivity index (χ0n) is 14.8. The van der Waals surface area contributed by atoms with E-state index in [4.69, 9.17) is 9.47 Å². The van der Waals surface area contributed by atoms with Crippen LogP contribution in [0.1, 0.15) is 28.4 Å². The summed E-state index contributed by atoms with van der Waals surface area (Å²) in [5.41, 5.74) is 2.06. The highest BCUT2D eigenvalue weighted by Gasteiger charge is 2.25. The van der Waals surface area contributed by atoms with Crippen molar-refractivity contribution in [2.75, 3.05) is 6.61 Å². The van der Waals surface area contributed by atoms with Crippen molar-refractivity contribution in [1.29, 1.82) is 0 Å². The van der Waals surface area contributed by atoms with Crippen LogP contribution in [0.2, 0.25) is 0 Å². The van der Waals surface area contributed by atoms with Gasteiger partial charge >= 0.3 is 5.97 Å². The number of aryl methyl sites for hydroxylation is 1. The number of nitrogens with one attached hydrogen (secondary N) is 1. The maximum absolute atomic E-state index is 12.4. The molecule has 1 aliphatic rings. The molecule has 1 N–H and O–H groups in total. The highest BCUT2D eigenvalue weighted by molar-refractivity contribution is 8.18. The molecule has 2 aromatic rings. The van der Waals surface area contributed by atoms with Crippen molar-refractivity contribution in [3.05, 3.63) is 64.1 Å². The van der Waals surface area contributed by atoms with Crippen LogP contribution in [-0.2, 0) is 4.79 Å². The van der Waals surface area contributed by atoms with Crippen molar-refractivity contribution in [1.82, 2.24) is 5.32 Å². The van der Waals surface area contributed by atoms with E-state index >= 15 is 0 Å². The molecule has 0 unspecified atom stereocenters. The zero-order chi connectivity index (χ0) is 19.4. The van der Waals surface area contributed by atoms with Crippen LogP contribution in [0.5, 0.6) is 11.5 Å². The fourth-order valence-corrected chi connectivity index (χ4v) is 3.15. The molecule has 1 aliphatic heterocycles. The smallest absolute Gasteiger partial charge is 0.343 e. The first-order valence-electron chi connectivity index (χ1n) is 8.27. The molecule has 0 saturated carbocycles. The number of hydrogen-bond acceptors (Lipinski definition) is 6. The molecule has 27 heavy (non-hydrogen) atoms. The van der Waals surface area contributed by atoms with E-state index in [1.807, 2.05) is 19.9 Å². The SMILES string of the molecule is CCOc1cc(/C=C2\SC(=O)NC2=O)ccc1OC(=O)c1cccc(C)c1. The Kier molecular flexibility index (Phi) is 5.61. The van der Waals surface area contributed by atoms with E-state index in [9.17, 15) is 14.4 Å². The lowest BCUT2D eigenvalue weighted by Crippen LogP contribution is -2.17. The molecule has 138 valence electrons. The number of rotatable bonds is 5. The number of hydrogen-bond donors (Lipinski definition) is 1. The van der Waals surface area contributed by atoms with Crippen molar-refractivity contribution < 1.29 is 23.9 Å². The Balaban J connectivity index is 1.85. The summed E-state index contributed by atoms with van der Waals surface area (Å²) in [4.78, 5) is 35.6. The van der Waals surface area contributed by atoms with Gasteiger partial charge in [-0.15, -0.1) is 0 Å². The monoisotopic (exact) mass is 383 g/mol. The van der Waals surface area contributed by atoms with Gasteiger partial charge < -0.3 is 9.47 Å². The standard InChI is InChI=1S/C20H17NO5S/c1-3-25-16-10-13(11-17-18(22)21-20(24)27-17)7-8-15(16)26-19(23)14-6-4-5-12(2)9-14/h4-11H,3H2,1-2H3,(H,21,22,24)/b17-11-. The van der Waals surface area contributed by atoms with Crippen LogP contribution in [-0.4, -0.2) is 23.7 Å². The average Bonchev–Trinajstić information content (AvgIpc) is 2.94. The average molecular weight is 383 g/mol. The highest BCUT2D eigenvalue weighted by atomic mass is 32.2. The summed E-state index contributed by atoms with van der Waals surface area (Å²) < 4.78 is 11.0. The van der Waals surface area contributed by atoms with E-state index in [0.29, 0.717) is 28.4 Å². The zero-order valence-corrected chi connectivity index (χ0v) is 15.6. The largest absolute Gasteiger partial charge is 0.490 e. The molecule has 1 saturated heterocycles. The Morgan fingerprint density at radius 3 is 2.63 bits per heavy atom. The number of carbonyl (C=O) groups excluding carboxylic acids is 3. The lowest BCUT2D eigenvalue weighted by Gasteiger charge is -2.12. The molecule has 0 bridgehead atoms. The second kappa shape index (κ2) is 8.09. The van der Waals surface area contributed by atoms with E-state index in [-0.39, 0.29) is 5.75 Å². The van der Waals surface area contributed by atoms with Gasteiger partial charge in [-0.05, 0) is 61.5 Å². The first kappa shape index (κ1) is 18.7. The van der Waals surface area contributed by atoms with E-state index < -0.39 is 17.1 Å². The van der Waals surface area contributed by atoms with Crippen molar-refractivity contribution in [2.24, 2.45) is 0 Å². The molecule has 1 fully saturated rings. The topological polar surface area (TPSA) is 81.7 Å². The van der Waals surface area contributed by atoms with Gasteiger partial charge in [-0.25, -0.2) is 4.79 Å². The van der Waals surface area contributed by atoms with Crippen LogP contribution < -0.4 is 14.8 Å². The van der Waals surface area contributed by atoms with Crippen LogP contribution in [0, 0.1) is 6.92 Å². The third-order valence-electron chi connectivity index (χ3n) is 3.66. The number of benzene rings is 2. The Morgan fingerprint density at radius 2 is 1.96 bits per heavy atom. The first-order chi connectivity index (χ1) is 13.0. The maximum Gasteiger partial charge on any atom is 0.343 e. The number of amides is 2. The lowest BCUT2D eigenvalue weighted by molar-refractivity contribution is -0.115. The molecule has 0 spiro atoms. The highest BCUT2D eigenvalue weighted by Crippen LogP contribution is 2.32. The molecular weight excluding hydrogens is 366 g/mol. The second-order valence-electron chi connectivity index (χ2n) is 5.75. The minimum absolute atomic E-state index is 0.283. The van der Waals surface area contributed by atoms with Crippen LogP contribution in [0.25, 0.3) is 6.08 Å². The second-order valence-corrected chi connectivity index (χ2v) is 6.77. The molecule has 0 aliphatic carbocycles. The van der Waals surface area contributed by atoms with E-state index in [1.54, 1.807) is 42.5 Å². The molecule has 2 amide bonds. The summed E-state index contributed by atoms with van der Waals surface area (Å²) in [7, 11) is 0. The predicted molar refractivity (Wildman–Crippen MR) is 103 cm³/mol. The summed E-state index contributed by atoms with van der Waals surface area (Å²) in [6.07, 6.45) is 1.58. The number of carbonyl (C=O) groups is 3. The van der Waals surface area contributed by atoms with Gasteiger partial charge in [0, 0.05) is 0 Å². The lowest BCUT2D eigenvalue weighted by atomic mass is 10.1. The van der Waals surface area contributed by atoms with Gasteiger partial charge in [0.15, 0.2) is 11.5 Å². The molecule has 0 atom stereocenters. The normalized spacial score (nSPS) is 15.0. The minimum atomic E-state index is -0.484. The van der Waals surface area contributed by atoms with Crippen LogP contribution >= 0.6 is 11.8 Å². The third kappa shape index (κ3) is 4.57. The first-order valence-corrected chi connectivity index (χ1v) is 9.08. The number of esters is 1. The molecule has 0 aromatic heterocycles. The van der Waals surface area contributed by atoms with Gasteiger partial charge in [0.05, 0.1) is 17.1 Å². The fraction of sp³-hybridized carbons (Fsp3) is 0.150. The molecule has 7 heteroatoms. The molecule has 3 rings (SSSR count). The van der Waals surface area contributed by atoms with Gasteiger partial charge in [-0.2, -0.15) is 0 Å². The Labute approximate surface area is 160 Å².